The molecule has 0 aliphatic heterocycles. The summed E-state index contributed by atoms with van der Waals surface area (Å²) in [5, 5.41) is 1.29. The number of ether oxygens (including phenoxy) is 1. The van der Waals surface area contributed by atoms with Gasteiger partial charge >= 0.3 is 109 Å². The van der Waals surface area contributed by atoms with Gasteiger partial charge in [0.15, 0.2) is 0 Å². The van der Waals surface area contributed by atoms with Gasteiger partial charge in [0.05, 0.1) is 0 Å². The van der Waals surface area contributed by atoms with Crippen molar-refractivity contribution in [3.05, 3.63) is 42.6 Å². The molecule has 4 aromatic rings. The number of fused-ring (bicyclic) bond motifs is 5. The first kappa shape index (κ1) is 10.2. The molecule has 18 heavy (non-hydrogen) atoms. The third-order valence-corrected chi connectivity index (χ3v) is 5.57. The van der Waals surface area contributed by atoms with Crippen LogP contribution in [0.25, 0.3) is 25.2 Å². The van der Waals surface area contributed by atoms with Gasteiger partial charge in [0.2, 0.25) is 0 Å². The van der Waals surface area contributed by atoms with Gasteiger partial charge in [0.1, 0.15) is 0 Å². The maximum atomic E-state index is 5.24. The van der Waals surface area contributed by atoms with Crippen LogP contribution >= 0.6 is 0 Å². The van der Waals surface area contributed by atoms with Crippen molar-refractivity contribution < 1.29 is 4.74 Å². The van der Waals surface area contributed by atoms with Crippen LogP contribution in [0.1, 0.15) is 0 Å². The minimum absolute atomic E-state index is 0.347. The van der Waals surface area contributed by atoms with Gasteiger partial charge in [-0.05, 0) is 0 Å². The topological polar surface area (TPSA) is 26.5 Å². The molecule has 4 rings (SSSR count). The van der Waals surface area contributed by atoms with E-state index < -0.39 is 0 Å². The molecule has 0 fully saturated rings. The van der Waals surface area contributed by atoms with E-state index >= 15 is 0 Å². The van der Waals surface area contributed by atoms with Crippen LogP contribution in [0.4, 0.5) is 0 Å². The fourth-order valence-electron chi connectivity index (χ4n) is 2.26. The first-order valence-corrected chi connectivity index (χ1v) is 7.41. The third-order valence-electron chi connectivity index (χ3n) is 3.14. The molecule has 0 aliphatic rings. The van der Waals surface area contributed by atoms with E-state index in [-0.39, 0.29) is 0 Å². The Bertz CT molecular complexity index is 875. The summed E-state index contributed by atoms with van der Waals surface area (Å²) < 4.78 is 10.2. The van der Waals surface area contributed by atoms with Crippen LogP contribution in [0.2, 0.25) is 0 Å². The molecule has 0 aliphatic carbocycles. The monoisotopic (exact) mass is 302 g/mol. The number of rotatable bonds is 1. The summed E-state index contributed by atoms with van der Waals surface area (Å²) in [6.07, 6.45) is 2.05. The Balaban J connectivity index is 2.18. The first-order valence-electron chi connectivity index (χ1n) is 5.70. The van der Waals surface area contributed by atoms with Crippen LogP contribution in [-0.4, -0.2) is 31.0 Å². The maximum absolute atomic E-state index is 5.24. The van der Waals surface area contributed by atoms with Crippen molar-refractivity contribution in [2.45, 2.75) is 0 Å². The van der Waals surface area contributed by atoms with Crippen molar-refractivity contribution in [1.82, 2.24) is 9.38 Å². The second-order valence-electron chi connectivity index (χ2n) is 4.16. The molecule has 88 valence electrons. The van der Waals surface area contributed by atoms with Gasteiger partial charge in [0, 0.05) is 0 Å². The molecule has 0 bridgehead atoms. The molecule has 3 nitrogen and oxygen atoms in total. The van der Waals surface area contributed by atoms with Crippen LogP contribution in [0.15, 0.2) is 42.6 Å². The van der Waals surface area contributed by atoms with E-state index in [1.807, 2.05) is 18.3 Å². The first-order chi connectivity index (χ1) is 8.86. The van der Waals surface area contributed by atoms with Crippen molar-refractivity contribution in [1.29, 1.82) is 0 Å². The van der Waals surface area contributed by atoms with E-state index in [0.717, 1.165) is 16.9 Å². The average Bonchev–Trinajstić information content (AvgIpc) is 2.93. The minimum atomic E-state index is 0.347. The number of hydrogen-bond donors (Lipinski definition) is 0. The number of pyridine rings is 1. The number of imidazole rings is 1. The van der Waals surface area contributed by atoms with E-state index in [9.17, 15) is 0 Å². The zero-order valence-electron chi connectivity index (χ0n) is 9.75. The van der Waals surface area contributed by atoms with Gasteiger partial charge in [-0.3, -0.25) is 0 Å². The third kappa shape index (κ3) is 1.27. The Hall–Kier alpha value is -1.77. The van der Waals surface area contributed by atoms with Crippen LogP contribution < -0.4 is 4.74 Å². The van der Waals surface area contributed by atoms with Gasteiger partial charge in [-0.1, -0.05) is 0 Å². The Labute approximate surface area is 109 Å². The zero-order valence-corrected chi connectivity index (χ0v) is 11.5. The van der Waals surface area contributed by atoms with Gasteiger partial charge in [-0.25, -0.2) is 0 Å². The molecule has 3 aromatic heterocycles. The molecule has 4 heteroatoms. The van der Waals surface area contributed by atoms with Crippen LogP contribution in [0.5, 0.6) is 5.75 Å². The predicted octanol–water partition coefficient (Wildman–Crippen LogP) is 2.71. The van der Waals surface area contributed by atoms with Crippen molar-refractivity contribution in [2.75, 3.05) is 7.11 Å². The number of nitrogens with zero attached hydrogens (tertiary/aromatic N) is 2. The molecule has 0 saturated carbocycles. The molecular weight excluding hydrogens is 291 g/mol. The number of hydrogen-bond acceptors (Lipinski definition) is 2. The molecule has 0 radical (unpaired) electrons. The van der Waals surface area contributed by atoms with E-state index in [0.29, 0.717) is 14.5 Å². The number of aromatic nitrogens is 2. The Morgan fingerprint density at radius 2 is 2.11 bits per heavy atom. The van der Waals surface area contributed by atoms with Crippen molar-refractivity contribution in [2.24, 2.45) is 0 Å². The SMILES string of the molecule is COc1ccn2c(c1)nc1c3ccccc3[se]c12. The van der Waals surface area contributed by atoms with E-state index in [4.69, 9.17) is 9.72 Å². The van der Waals surface area contributed by atoms with E-state index in [1.54, 1.807) is 7.11 Å². The predicted molar refractivity (Wildman–Crippen MR) is 73.7 cm³/mol. The average molecular weight is 301 g/mol. The normalized spacial score (nSPS) is 11.6. The summed E-state index contributed by atoms with van der Waals surface area (Å²) in [5.74, 6) is 0.854. The summed E-state index contributed by atoms with van der Waals surface area (Å²) in [4.78, 5) is 4.74. The summed E-state index contributed by atoms with van der Waals surface area (Å²) in [6, 6.07) is 12.5. The van der Waals surface area contributed by atoms with E-state index in [2.05, 4.69) is 28.7 Å². The van der Waals surface area contributed by atoms with Crippen LogP contribution in [0, 0.1) is 0 Å². The fraction of sp³-hybridized carbons (Fsp3) is 0.0714. The quantitative estimate of drug-likeness (QED) is 0.505. The Morgan fingerprint density at radius 3 is 3.00 bits per heavy atom. The number of benzene rings is 1. The van der Waals surface area contributed by atoms with Crippen molar-refractivity contribution >= 4 is 39.7 Å². The molecule has 0 spiro atoms. The molecular formula is C14H10N2OSe. The van der Waals surface area contributed by atoms with Crippen molar-refractivity contribution in [3.8, 4) is 5.75 Å². The summed E-state index contributed by atoms with van der Waals surface area (Å²) in [6.45, 7) is 0. The molecule has 0 saturated heterocycles. The van der Waals surface area contributed by atoms with E-state index in [1.165, 1.54) is 14.0 Å². The van der Waals surface area contributed by atoms with Gasteiger partial charge in [0.25, 0.3) is 0 Å². The second kappa shape index (κ2) is 3.61. The number of methoxy groups -OCH3 is 1. The molecule has 0 N–H and O–H groups in total. The fourth-order valence-corrected chi connectivity index (χ4v) is 4.64. The zero-order chi connectivity index (χ0) is 12.1. The van der Waals surface area contributed by atoms with Crippen LogP contribution in [-0.2, 0) is 0 Å². The molecule has 0 amide bonds. The summed E-state index contributed by atoms with van der Waals surface area (Å²) in [7, 11) is 1.68. The van der Waals surface area contributed by atoms with Crippen molar-refractivity contribution in [3.63, 3.8) is 0 Å². The molecule has 3 heterocycles. The van der Waals surface area contributed by atoms with Gasteiger partial charge < -0.3 is 0 Å². The molecule has 1 aromatic carbocycles. The Morgan fingerprint density at radius 1 is 1.22 bits per heavy atom. The molecule has 0 unspecified atom stereocenters. The molecule has 0 atom stereocenters. The van der Waals surface area contributed by atoms with Gasteiger partial charge in [-0.15, -0.1) is 0 Å². The second-order valence-corrected chi connectivity index (χ2v) is 6.32. The standard InChI is InChI=1S/C14H10N2OSe/c1-17-9-6-7-16-12(8-9)15-13-10-4-2-3-5-11(10)18-14(13)16/h2-8H,1H3. The summed E-state index contributed by atoms with van der Waals surface area (Å²) >= 11 is 0.347. The van der Waals surface area contributed by atoms with Gasteiger partial charge in [-0.2, -0.15) is 0 Å². The Kier molecular flexibility index (Phi) is 2.04. The van der Waals surface area contributed by atoms with Crippen LogP contribution in [0.3, 0.4) is 0 Å². The summed E-state index contributed by atoms with van der Waals surface area (Å²) in [5.41, 5.74) is 2.11.